The minimum atomic E-state index is -0.132. The summed E-state index contributed by atoms with van der Waals surface area (Å²) in [7, 11) is 0. The number of ketones is 1. The van der Waals surface area contributed by atoms with E-state index in [0.29, 0.717) is 30.0 Å². The van der Waals surface area contributed by atoms with Gasteiger partial charge in [0.15, 0.2) is 5.78 Å². The first kappa shape index (κ1) is 16.8. The van der Waals surface area contributed by atoms with Gasteiger partial charge in [0.2, 0.25) is 5.91 Å². The lowest BCUT2D eigenvalue weighted by atomic mass is 9.90. The predicted molar refractivity (Wildman–Crippen MR) is 92.1 cm³/mol. The molecule has 1 saturated heterocycles. The largest absolute Gasteiger partial charge is 0.469 e. The maximum atomic E-state index is 12.6. The van der Waals surface area contributed by atoms with Gasteiger partial charge in [-0.05, 0) is 49.2 Å². The lowest BCUT2D eigenvalue weighted by molar-refractivity contribution is -0.132. The number of carbonyl (C=O) groups excluding carboxylic acids is 2. The minimum Gasteiger partial charge on any atom is -0.469 e. The molecule has 0 aliphatic carbocycles. The molecule has 1 fully saturated rings. The molecule has 0 spiro atoms. The van der Waals surface area contributed by atoms with Crippen molar-refractivity contribution in [1.82, 2.24) is 4.90 Å². The second kappa shape index (κ2) is 7.67. The van der Waals surface area contributed by atoms with E-state index >= 15 is 0 Å². The predicted octanol–water partition coefficient (Wildman–Crippen LogP) is 3.99. The van der Waals surface area contributed by atoms with E-state index in [4.69, 9.17) is 16.0 Å². The molecule has 4 nitrogen and oxygen atoms in total. The average molecular weight is 346 g/mol. The molecule has 24 heavy (non-hydrogen) atoms. The summed E-state index contributed by atoms with van der Waals surface area (Å²) in [6.45, 7) is 1.22. The number of halogens is 1. The summed E-state index contributed by atoms with van der Waals surface area (Å²) < 4.78 is 5.26. The second-order valence-electron chi connectivity index (χ2n) is 6.13. The van der Waals surface area contributed by atoms with Gasteiger partial charge in [0.05, 0.1) is 6.26 Å². The van der Waals surface area contributed by atoms with Crippen molar-refractivity contribution in [2.24, 2.45) is 5.92 Å². The zero-order valence-corrected chi connectivity index (χ0v) is 14.2. The van der Waals surface area contributed by atoms with Crippen molar-refractivity contribution < 1.29 is 14.0 Å². The van der Waals surface area contributed by atoms with Crippen molar-refractivity contribution in [2.75, 3.05) is 13.1 Å². The number of nitrogens with zero attached hydrogens (tertiary/aromatic N) is 1. The molecule has 0 N–H and O–H groups in total. The first-order valence-electron chi connectivity index (χ1n) is 8.23. The highest BCUT2D eigenvalue weighted by atomic mass is 35.5. The van der Waals surface area contributed by atoms with E-state index in [9.17, 15) is 9.59 Å². The highest BCUT2D eigenvalue weighted by Crippen LogP contribution is 2.22. The van der Waals surface area contributed by atoms with E-state index in [1.165, 1.54) is 0 Å². The molecule has 2 heterocycles. The van der Waals surface area contributed by atoms with Crippen LogP contribution in [0.15, 0.2) is 47.1 Å². The molecule has 0 saturated carbocycles. The Balaban J connectivity index is 1.58. The van der Waals surface area contributed by atoms with E-state index in [1.807, 2.05) is 17.0 Å². The van der Waals surface area contributed by atoms with Gasteiger partial charge in [-0.2, -0.15) is 0 Å². The third-order valence-electron chi connectivity index (χ3n) is 4.44. The first-order chi connectivity index (χ1) is 11.6. The Morgan fingerprint density at radius 2 is 2.00 bits per heavy atom. The summed E-state index contributed by atoms with van der Waals surface area (Å²) in [4.78, 5) is 26.8. The lowest BCUT2D eigenvalue weighted by Gasteiger charge is -2.32. The number of carbonyl (C=O) groups is 2. The van der Waals surface area contributed by atoms with Crippen molar-refractivity contribution in [3.63, 3.8) is 0 Å². The van der Waals surface area contributed by atoms with E-state index in [0.717, 1.165) is 25.1 Å². The van der Waals surface area contributed by atoms with Crippen LogP contribution in [0.5, 0.6) is 0 Å². The fourth-order valence-corrected chi connectivity index (χ4v) is 3.24. The Morgan fingerprint density at radius 1 is 1.21 bits per heavy atom. The van der Waals surface area contributed by atoms with E-state index in [2.05, 4.69) is 0 Å². The van der Waals surface area contributed by atoms with Crippen LogP contribution < -0.4 is 0 Å². The van der Waals surface area contributed by atoms with Crippen LogP contribution in [0.4, 0.5) is 0 Å². The zero-order valence-electron chi connectivity index (χ0n) is 13.4. The third-order valence-corrected chi connectivity index (χ3v) is 4.69. The number of aryl methyl sites for hydroxylation is 1. The van der Waals surface area contributed by atoms with Crippen LogP contribution in [0.3, 0.4) is 0 Å². The summed E-state index contributed by atoms with van der Waals surface area (Å²) in [5.41, 5.74) is 0.661. The number of furan rings is 1. The van der Waals surface area contributed by atoms with Gasteiger partial charge >= 0.3 is 0 Å². The zero-order chi connectivity index (χ0) is 16.9. The molecule has 1 aromatic heterocycles. The number of Topliss-reactive ketones (excluding diaryl/α,β-unsaturated/α-hetero) is 1. The summed E-state index contributed by atoms with van der Waals surface area (Å²) in [5.74, 6) is 0.858. The normalized spacial score (nSPS) is 17.7. The Hall–Kier alpha value is -2.07. The van der Waals surface area contributed by atoms with Crippen LogP contribution in [0.25, 0.3) is 0 Å². The number of amides is 1. The standard InChI is InChI=1S/C19H20ClNO3/c20-16-7-5-14(6-8-16)19(23)15-3-1-11-21(13-15)18(22)10-9-17-4-2-12-24-17/h2,4-8,12,15H,1,3,9-11,13H2. The molecule has 1 unspecified atom stereocenters. The highest BCUT2D eigenvalue weighted by molar-refractivity contribution is 6.30. The fourth-order valence-electron chi connectivity index (χ4n) is 3.11. The van der Waals surface area contributed by atoms with Crippen LogP contribution in [0.1, 0.15) is 35.4 Å². The number of piperidine rings is 1. The summed E-state index contributed by atoms with van der Waals surface area (Å²) in [6, 6.07) is 10.6. The molecule has 0 bridgehead atoms. The van der Waals surface area contributed by atoms with Gasteiger partial charge in [-0.3, -0.25) is 9.59 Å². The number of hydrogen-bond acceptors (Lipinski definition) is 3. The van der Waals surface area contributed by atoms with E-state index in [-0.39, 0.29) is 17.6 Å². The molecule has 1 aliphatic rings. The molecule has 3 rings (SSSR count). The van der Waals surface area contributed by atoms with Gasteiger partial charge < -0.3 is 9.32 Å². The first-order valence-corrected chi connectivity index (χ1v) is 8.61. The molecule has 126 valence electrons. The van der Waals surface area contributed by atoms with Gasteiger partial charge in [-0.15, -0.1) is 0 Å². The minimum absolute atomic E-state index is 0.0833. The van der Waals surface area contributed by atoms with Gasteiger partial charge in [0, 0.05) is 42.4 Å². The van der Waals surface area contributed by atoms with Crippen molar-refractivity contribution >= 4 is 23.3 Å². The topological polar surface area (TPSA) is 50.5 Å². The molecule has 1 aromatic carbocycles. The Labute approximate surface area is 146 Å². The Bertz CT molecular complexity index is 694. The highest BCUT2D eigenvalue weighted by Gasteiger charge is 2.28. The van der Waals surface area contributed by atoms with Crippen molar-refractivity contribution in [1.29, 1.82) is 0 Å². The SMILES string of the molecule is O=C(c1ccc(Cl)cc1)C1CCCN(C(=O)CCc2ccco2)C1. The van der Waals surface area contributed by atoms with Crippen LogP contribution in [0, 0.1) is 5.92 Å². The van der Waals surface area contributed by atoms with Crippen molar-refractivity contribution in [3.05, 3.63) is 59.0 Å². The maximum Gasteiger partial charge on any atom is 0.223 e. The monoisotopic (exact) mass is 345 g/mol. The summed E-state index contributed by atoms with van der Waals surface area (Å²) in [5, 5.41) is 0.616. The second-order valence-corrected chi connectivity index (χ2v) is 6.57. The van der Waals surface area contributed by atoms with Crippen LogP contribution in [-0.2, 0) is 11.2 Å². The quantitative estimate of drug-likeness (QED) is 0.770. The van der Waals surface area contributed by atoms with E-state index in [1.54, 1.807) is 30.5 Å². The van der Waals surface area contributed by atoms with Gasteiger partial charge in [0.1, 0.15) is 5.76 Å². The Kier molecular flexibility index (Phi) is 5.36. The molecule has 2 aromatic rings. The van der Waals surface area contributed by atoms with Crippen LogP contribution >= 0.6 is 11.6 Å². The summed E-state index contributed by atoms with van der Waals surface area (Å²) >= 11 is 5.87. The number of rotatable bonds is 5. The lowest BCUT2D eigenvalue weighted by Crippen LogP contribution is -2.42. The maximum absolute atomic E-state index is 12.6. The number of hydrogen-bond donors (Lipinski definition) is 0. The molecule has 0 radical (unpaired) electrons. The Morgan fingerprint density at radius 3 is 2.71 bits per heavy atom. The van der Waals surface area contributed by atoms with Crippen LogP contribution in [-0.4, -0.2) is 29.7 Å². The molecule has 1 atom stereocenters. The number of benzene rings is 1. The molecule has 5 heteroatoms. The average Bonchev–Trinajstić information content (AvgIpc) is 3.13. The van der Waals surface area contributed by atoms with E-state index < -0.39 is 0 Å². The smallest absolute Gasteiger partial charge is 0.223 e. The number of likely N-dealkylation sites (tertiary alicyclic amines) is 1. The van der Waals surface area contributed by atoms with Crippen molar-refractivity contribution in [3.8, 4) is 0 Å². The van der Waals surface area contributed by atoms with Crippen molar-refractivity contribution in [2.45, 2.75) is 25.7 Å². The third kappa shape index (κ3) is 4.06. The molecular formula is C19H20ClNO3. The summed E-state index contributed by atoms with van der Waals surface area (Å²) in [6.07, 6.45) is 4.30. The molecular weight excluding hydrogens is 326 g/mol. The van der Waals surface area contributed by atoms with Gasteiger partial charge in [-0.1, -0.05) is 11.6 Å². The fraction of sp³-hybridized carbons (Fsp3) is 0.368. The molecule has 1 amide bonds. The molecule has 1 aliphatic heterocycles. The van der Waals surface area contributed by atoms with Gasteiger partial charge in [-0.25, -0.2) is 0 Å². The van der Waals surface area contributed by atoms with Gasteiger partial charge in [0.25, 0.3) is 0 Å². The van der Waals surface area contributed by atoms with Crippen LogP contribution in [0.2, 0.25) is 5.02 Å².